The van der Waals surface area contributed by atoms with Gasteiger partial charge in [-0.2, -0.15) is 5.26 Å². The van der Waals surface area contributed by atoms with Crippen LogP contribution in [0.4, 0.5) is 0 Å². The molecule has 0 aromatic rings. The molecule has 2 unspecified atom stereocenters. The number of hydrogen-bond donors (Lipinski definition) is 1. The quantitative estimate of drug-likeness (QED) is 0.789. The van der Waals surface area contributed by atoms with Crippen molar-refractivity contribution in [3.8, 4) is 6.07 Å². The average molecular weight is 221 g/mol. The Hall–Kier alpha value is -0.590. The topological polar surface area (TPSA) is 39.1 Å². The van der Waals surface area contributed by atoms with Gasteiger partial charge in [-0.1, -0.05) is 20.3 Å². The number of hydrogen-bond acceptors (Lipinski definition) is 3. The number of nitriles is 1. The van der Waals surface area contributed by atoms with Gasteiger partial charge < -0.3 is 0 Å². The zero-order valence-corrected chi connectivity index (χ0v) is 10.5. The van der Waals surface area contributed by atoms with Gasteiger partial charge in [0, 0.05) is 12.6 Å². The summed E-state index contributed by atoms with van der Waals surface area (Å²) >= 11 is 0. The monoisotopic (exact) mass is 221 g/mol. The second kappa shape index (κ2) is 4.73. The predicted molar refractivity (Wildman–Crippen MR) is 65.0 cm³/mol. The van der Waals surface area contributed by atoms with E-state index in [0.717, 1.165) is 19.5 Å². The molecular weight excluding hydrogens is 198 g/mol. The summed E-state index contributed by atoms with van der Waals surface area (Å²) in [5, 5.41) is 13.1. The van der Waals surface area contributed by atoms with Crippen molar-refractivity contribution in [3.63, 3.8) is 0 Å². The summed E-state index contributed by atoms with van der Waals surface area (Å²) < 4.78 is 0. The maximum atomic E-state index is 9.53. The highest BCUT2D eigenvalue weighted by atomic mass is 15.2. The summed E-state index contributed by atoms with van der Waals surface area (Å²) in [4.78, 5) is 2.51. The van der Waals surface area contributed by atoms with Gasteiger partial charge in [0.05, 0.1) is 6.07 Å². The maximum absolute atomic E-state index is 9.53. The lowest BCUT2D eigenvalue weighted by Crippen LogP contribution is -2.55. The highest BCUT2D eigenvalue weighted by Gasteiger charge is 2.48. The van der Waals surface area contributed by atoms with Crippen LogP contribution in [0.25, 0.3) is 0 Å². The van der Waals surface area contributed by atoms with Crippen LogP contribution in [-0.4, -0.2) is 36.1 Å². The Morgan fingerprint density at radius 3 is 2.94 bits per heavy atom. The van der Waals surface area contributed by atoms with Crippen molar-refractivity contribution in [1.29, 1.82) is 5.26 Å². The standard InChI is InChI=1S/C13H23N3/c1-11(2)9-15-13(10-14)6-8-16-7-4-3-5-12(13)16/h11-12,15H,3-9H2,1-2H3. The van der Waals surface area contributed by atoms with Crippen LogP contribution >= 0.6 is 0 Å². The molecule has 0 radical (unpaired) electrons. The molecule has 1 N–H and O–H groups in total. The summed E-state index contributed by atoms with van der Waals surface area (Å²) in [7, 11) is 0. The van der Waals surface area contributed by atoms with Crippen molar-refractivity contribution in [2.75, 3.05) is 19.6 Å². The van der Waals surface area contributed by atoms with Crippen molar-refractivity contribution >= 4 is 0 Å². The van der Waals surface area contributed by atoms with Crippen molar-refractivity contribution in [2.45, 2.75) is 51.1 Å². The maximum Gasteiger partial charge on any atom is 0.123 e. The van der Waals surface area contributed by atoms with Crippen LogP contribution in [0.1, 0.15) is 39.5 Å². The van der Waals surface area contributed by atoms with Gasteiger partial charge in [0.25, 0.3) is 0 Å². The number of nitrogens with zero attached hydrogens (tertiary/aromatic N) is 2. The van der Waals surface area contributed by atoms with Gasteiger partial charge in [0.15, 0.2) is 0 Å². The molecule has 0 amide bonds. The smallest absolute Gasteiger partial charge is 0.123 e. The molecule has 0 aromatic carbocycles. The van der Waals surface area contributed by atoms with Crippen molar-refractivity contribution in [3.05, 3.63) is 0 Å². The fraction of sp³-hybridized carbons (Fsp3) is 0.923. The molecule has 2 heterocycles. The van der Waals surface area contributed by atoms with Crippen LogP contribution in [-0.2, 0) is 0 Å². The van der Waals surface area contributed by atoms with Crippen molar-refractivity contribution in [2.24, 2.45) is 5.92 Å². The number of fused-ring (bicyclic) bond motifs is 1. The van der Waals surface area contributed by atoms with Crippen LogP contribution in [0, 0.1) is 17.2 Å². The van der Waals surface area contributed by atoms with Crippen molar-refractivity contribution in [1.82, 2.24) is 10.2 Å². The first kappa shape index (κ1) is 11.9. The van der Waals surface area contributed by atoms with Gasteiger partial charge in [-0.3, -0.25) is 10.2 Å². The Labute approximate surface area is 98.8 Å². The zero-order valence-electron chi connectivity index (χ0n) is 10.5. The zero-order chi connectivity index (χ0) is 11.6. The fourth-order valence-electron chi connectivity index (χ4n) is 3.07. The molecule has 2 atom stereocenters. The Kier molecular flexibility index (Phi) is 3.51. The molecule has 2 aliphatic heterocycles. The van der Waals surface area contributed by atoms with Gasteiger partial charge in [0.1, 0.15) is 5.54 Å². The molecule has 2 aliphatic rings. The minimum atomic E-state index is -0.259. The summed E-state index contributed by atoms with van der Waals surface area (Å²) in [6.07, 6.45) is 4.79. The van der Waals surface area contributed by atoms with Crippen LogP contribution in [0.3, 0.4) is 0 Å². The van der Waals surface area contributed by atoms with E-state index in [1.165, 1.54) is 25.8 Å². The number of nitrogens with one attached hydrogen (secondary N) is 1. The first-order valence-corrected chi connectivity index (χ1v) is 6.58. The molecule has 0 spiro atoms. The van der Waals surface area contributed by atoms with E-state index in [9.17, 15) is 5.26 Å². The van der Waals surface area contributed by atoms with Gasteiger partial charge in [-0.25, -0.2) is 0 Å². The Balaban J connectivity index is 2.06. The second-order valence-electron chi connectivity index (χ2n) is 5.66. The number of rotatable bonds is 3. The Morgan fingerprint density at radius 1 is 1.44 bits per heavy atom. The number of piperidine rings is 1. The van der Waals surface area contributed by atoms with E-state index >= 15 is 0 Å². The third-order valence-corrected chi connectivity index (χ3v) is 4.00. The predicted octanol–water partition coefficient (Wildman–Crippen LogP) is 1.75. The minimum Gasteiger partial charge on any atom is -0.298 e. The van der Waals surface area contributed by atoms with Crippen LogP contribution < -0.4 is 5.32 Å². The molecular formula is C13H23N3. The van der Waals surface area contributed by atoms with E-state index in [1.807, 2.05) is 0 Å². The Bertz CT molecular complexity index is 281. The van der Waals surface area contributed by atoms with Gasteiger partial charge >= 0.3 is 0 Å². The van der Waals surface area contributed by atoms with Gasteiger partial charge in [-0.05, 0) is 38.3 Å². The lowest BCUT2D eigenvalue weighted by molar-refractivity contribution is 0.159. The van der Waals surface area contributed by atoms with E-state index in [1.54, 1.807) is 0 Å². The summed E-state index contributed by atoms with van der Waals surface area (Å²) in [5.41, 5.74) is -0.259. The van der Waals surface area contributed by atoms with Crippen molar-refractivity contribution < 1.29 is 0 Å². The molecule has 0 aromatic heterocycles. The lowest BCUT2D eigenvalue weighted by atomic mass is 9.86. The third kappa shape index (κ3) is 2.09. The molecule has 2 saturated heterocycles. The molecule has 90 valence electrons. The minimum absolute atomic E-state index is 0.259. The second-order valence-corrected chi connectivity index (χ2v) is 5.66. The van der Waals surface area contributed by atoms with E-state index in [-0.39, 0.29) is 5.54 Å². The highest BCUT2D eigenvalue weighted by Crippen LogP contribution is 2.34. The summed E-state index contributed by atoms with van der Waals surface area (Å²) in [6, 6.07) is 3.04. The van der Waals surface area contributed by atoms with E-state index in [0.29, 0.717) is 12.0 Å². The molecule has 3 nitrogen and oxygen atoms in total. The fourth-order valence-corrected chi connectivity index (χ4v) is 3.07. The largest absolute Gasteiger partial charge is 0.298 e. The molecule has 2 fully saturated rings. The van der Waals surface area contributed by atoms with Gasteiger partial charge in [-0.15, -0.1) is 0 Å². The SMILES string of the molecule is CC(C)CNC1(C#N)CCN2CCCCC21. The molecule has 0 saturated carbocycles. The molecule has 16 heavy (non-hydrogen) atoms. The van der Waals surface area contributed by atoms with E-state index in [4.69, 9.17) is 0 Å². The third-order valence-electron chi connectivity index (χ3n) is 4.00. The van der Waals surface area contributed by atoms with Crippen LogP contribution in [0.5, 0.6) is 0 Å². The summed E-state index contributed by atoms with van der Waals surface area (Å²) in [5.74, 6) is 0.614. The van der Waals surface area contributed by atoms with Crippen LogP contribution in [0.2, 0.25) is 0 Å². The lowest BCUT2D eigenvalue weighted by Gasteiger charge is -2.37. The normalized spacial score (nSPS) is 35.0. The first-order valence-electron chi connectivity index (χ1n) is 6.58. The molecule has 0 bridgehead atoms. The van der Waals surface area contributed by atoms with E-state index < -0.39 is 0 Å². The molecule has 3 heteroatoms. The summed E-state index contributed by atoms with van der Waals surface area (Å²) in [6.45, 7) is 7.65. The van der Waals surface area contributed by atoms with Crippen LogP contribution in [0.15, 0.2) is 0 Å². The average Bonchev–Trinajstić information content (AvgIpc) is 2.66. The van der Waals surface area contributed by atoms with E-state index in [2.05, 4.69) is 30.1 Å². The molecule has 0 aliphatic carbocycles. The molecule has 2 rings (SSSR count). The Morgan fingerprint density at radius 2 is 2.25 bits per heavy atom. The van der Waals surface area contributed by atoms with Gasteiger partial charge in [0.2, 0.25) is 0 Å². The highest BCUT2D eigenvalue weighted by molar-refractivity contribution is 5.19. The first-order chi connectivity index (χ1) is 7.68.